The fraction of sp³-hybridized carbons (Fsp3) is 0.400. The average Bonchev–Trinajstić information content (AvgIpc) is 3.01. The van der Waals surface area contributed by atoms with Crippen LogP contribution >= 0.6 is 11.3 Å². The Morgan fingerprint density at radius 3 is 2.39 bits per heavy atom. The van der Waals surface area contributed by atoms with Gasteiger partial charge in [0.1, 0.15) is 0 Å². The molecule has 2 aromatic carbocycles. The Labute approximate surface area is 214 Å². The highest BCUT2D eigenvalue weighted by Crippen LogP contribution is 2.23. The molecule has 192 valence electrons. The van der Waals surface area contributed by atoms with Crippen molar-refractivity contribution in [2.45, 2.75) is 44.0 Å². The van der Waals surface area contributed by atoms with Gasteiger partial charge in [0.05, 0.1) is 21.7 Å². The number of carbonyl (C=O) groups excluding carboxylic acids is 2. The molecule has 1 saturated heterocycles. The molecule has 9 nitrogen and oxygen atoms in total. The van der Waals surface area contributed by atoms with Crippen LogP contribution in [0, 0.1) is 0 Å². The molecule has 36 heavy (non-hydrogen) atoms. The molecule has 0 aliphatic carbocycles. The van der Waals surface area contributed by atoms with Crippen molar-refractivity contribution in [1.82, 2.24) is 8.87 Å². The van der Waals surface area contributed by atoms with Crippen molar-refractivity contribution in [3.63, 3.8) is 0 Å². The van der Waals surface area contributed by atoms with Crippen molar-refractivity contribution >= 4 is 49.1 Å². The molecule has 1 N–H and O–H groups in total. The van der Waals surface area contributed by atoms with Crippen LogP contribution in [0.1, 0.15) is 43.0 Å². The second kappa shape index (κ2) is 11.5. The number of benzene rings is 2. The van der Waals surface area contributed by atoms with Crippen LogP contribution in [0.4, 0.5) is 5.69 Å². The average molecular weight is 531 g/mol. The number of methoxy groups -OCH3 is 1. The zero-order chi connectivity index (χ0) is 25.7. The lowest BCUT2D eigenvalue weighted by molar-refractivity contribution is -0.114. The maximum Gasteiger partial charge on any atom is 0.279 e. The van der Waals surface area contributed by atoms with E-state index < -0.39 is 15.9 Å². The third-order valence-electron chi connectivity index (χ3n) is 6.02. The molecule has 2 heterocycles. The number of fused-ring (bicyclic) bond motifs is 1. The van der Waals surface area contributed by atoms with Gasteiger partial charge in [0.2, 0.25) is 15.9 Å². The van der Waals surface area contributed by atoms with Gasteiger partial charge in [-0.15, -0.1) is 0 Å². The van der Waals surface area contributed by atoms with Crippen LogP contribution in [-0.2, 0) is 26.1 Å². The SMILES string of the molecule is COCCn1c(=NC(=O)c2ccc(S(=O)(=O)N3CCCCCC3)cc2)sc2cc(NC(C)=O)ccc21. The van der Waals surface area contributed by atoms with E-state index in [1.54, 1.807) is 13.2 Å². The minimum absolute atomic E-state index is 0.167. The Balaban J connectivity index is 1.64. The quantitative estimate of drug-likeness (QED) is 0.502. The fourth-order valence-corrected chi connectivity index (χ4v) is 6.80. The predicted octanol–water partition coefficient (Wildman–Crippen LogP) is 3.61. The highest BCUT2D eigenvalue weighted by molar-refractivity contribution is 7.89. The van der Waals surface area contributed by atoms with Crippen molar-refractivity contribution < 1.29 is 22.7 Å². The molecule has 0 spiro atoms. The normalized spacial score (nSPS) is 15.7. The highest BCUT2D eigenvalue weighted by Gasteiger charge is 2.25. The number of amides is 2. The van der Waals surface area contributed by atoms with E-state index in [4.69, 9.17) is 4.74 Å². The number of thiazole rings is 1. The Bertz CT molecular complexity index is 1420. The zero-order valence-corrected chi connectivity index (χ0v) is 22.0. The van der Waals surface area contributed by atoms with Crippen LogP contribution in [-0.4, -0.2) is 55.9 Å². The maximum absolute atomic E-state index is 13.0. The van der Waals surface area contributed by atoms with Crippen LogP contribution in [0.5, 0.6) is 0 Å². The van der Waals surface area contributed by atoms with E-state index in [9.17, 15) is 18.0 Å². The van der Waals surface area contributed by atoms with E-state index in [-0.39, 0.29) is 10.8 Å². The number of hydrogen-bond acceptors (Lipinski definition) is 6. The standard InChI is InChI=1S/C25H30N4O5S2/c1-18(30)26-20-9-12-22-23(17-20)35-25(29(22)15-16-34-2)27-24(31)19-7-10-21(11-8-19)36(32,33)28-13-5-3-4-6-14-28/h7-12,17H,3-6,13-16H2,1-2H3,(H,26,30). The Hall–Kier alpha value is -2.86. The van der Waals surface area contributed by atoms with Gasteiger partial charge in [0, 0.05) is 44.9 Å². The van der Waals surface area contributed by atoms with Gasteiger partial charge in [0.25, 0.3) is 5.91 Å². The summed E-state index contributed by atoms with van der Waals surface area (Å²) in [5.74, 6) is -0.631. The summed E-state index contributed by atoms with van der Waals surface area (Å²) in [6.45, 7) is 3.42. The molecule has 0 unspecified atom stereocenters. The van der Waals surface area contributed by atoms with Gasteiger partial charge in [-0.3, -0.25) is 9.59 Å². The summed E-state index contributed by atoms with van der Waals surface area (Å²) in [5, 5.41) is 2.76. The first-order chi connectivity index (χ1) is 17.3. The predicted molar refractivity (Wildman–Crippen MR) is 140 cm³/mol. The molecule has 2 amide bonds. The van der Waals surface area contributed by atoms with E-state index >= 15 is 0 Å². The van der Waals surface area contributed by atoms with E-state index in [0.29, 0.717) is 42.3 Å². The summed E-state index contributed by atoms with van der Waals surface area (Å²) >= 11 is 1.33. The minimum Gasteiger partial charge on any atom is -0.383 e. The summed E-state index contributed by atoms with van der Waals surface area (Å²) in [4.78, 5) is 29.5. The number of sulfonamides is 1. The Kier molecular flexibility index (Phi) is 8.35. The van der Waals surface area contributed by atoms with Crippen LogP contribution in [0.2, 0.25) is 0 Å². The molecule has 1 aliphatic rings. The molecule has 1 aliphatic heterocycles. The molecule has 0 bridgehead atoms. The Morgan fingerprint density at radius 2 is 1.75 bits per heavy atom. The number of ether oxygens (including phenoxy) is 1. The lowest BCUT2D eigenvalue weighted by Crippen LogP contribution is -2.31. The second-order valence-electron chi connectivity index (χ2n) is 8.65. The van der Waals surface area contributed by atoms with Crippen molar-refractivity contribution in [2.24, 2.45) is 4.99 Å². The number of carbonyl (C=O) groups is 2. The first kappa shape index (κ1) is 26.2. The smallest absolute Gasteiger partial charge is 0.279 e. The lowest BCUT2D eigenvalue weighted by Gasteiger charge is -2.19. The zero-order valence-electron chi connectivity index (χ0n) is 20.4. The molecular formula is C25H30N4O5S2. The van der Waals surface area contributed by atoms with Gasteiger partial charge in [-0.25, -0.2) is 8.42 Å². The molecular weight excluding hydrogens is 500 g/mol. The molecule has 0 atom stereocenters. The van der Waals surface area contributed by atoms with E-state index in [2.05, 4.69) is 10.3 Å². The minimum atomic E-state index is -3.59. The van der Waals surface area contributed by atoms with Crippen LogP contribution in [0.25, 0.3) is 10.2 Å². The van der Waals surface area contributed by atoms with Crippen LogP contribution in [0.3, 0.4) is 0 Å². The first-order valence-corrected chi connectivity index (χ1v) is 14.1. The molecule has 1 aromatic heterocycles. The monoisotopic (exact) mass is 530 g/mol. The molecule has 11 heteroatoms. The van der Waals surface area contributed by atoms with Crippen molar-refractivity contribution in [2.75, 3.05) is 32.1 Å². The number of hydrogen-bond donors (Lipinski definition) is 1. The number of rotatable bonds is 7. The van der Waals surface area contributed by atoms with Crippen LogP contribution in [0.15, 0.2) is 52.4 Å². The lowest BCUT2D eigenvalue weighted by atomic mass is 10.2. The highest BCUT2D eigenvalue weighted by atomic mass is 32.2. The number of nitrogens with one attached hydrogen (secondary N) is 1. The van der Waals surface area contributed by atoms with Gasteiger partial charge in [-0.1, -0.05) is 24.2 Å². The van der Waals surface area contributed by atoms with Gasteiger partial charge >= 0.3 is 0 Å². The third-order valence-corrected chi connectivity index (χ3v) is 8.98. The summed E-state index contributed by atoms with van der Waals surface area (Å²) in [5.41, 5.74) is 1.84. The van der Waals surface area contributed by atoms with Gasteiger partial charge < -0.3 is 14.6 Å². The summed E-state index contributed by atoms with van der Waals surface area (Å²) in [7, 11) is -1.98. The van der Waals surface area contributed by atoms with Crippen molar-refractivity contribution in [3.8, 4) is 0 Å². The number of anilines is 1. The molecule has 0 saturated carbocycles. The first-order valence-electron chi connectivity index (χ1n) is 11.9. The van der Waals surface area contributed by atoms with E-state index in [1.807, 2.05) is 16.7 Å². The van der Waals surface area contributed by atoms with Crippen LogP contribution < -0.4 is 10.1 Å². The molecule has 4 rings (SSSR count). The van der Waals surface area contributed by atoms with E-state index in [0.717, 1.165) is 35.9 Å². The second-order valence-corrected chi connectivity index (χ2v) is 11.6. The maximum atomic E-state index is 13.0. The summed E-state index contributed by atoms with van der Waals surface area (Å²) < 4.78 is 35.6. The molecule has 3 aromatic rings. The fourth-order valence-electron chi connectivity index (χ4n) is 4.19. The molecule has 1 fully saturated rings. The number of nitrogens with zero attached hydrogens (tertiary/aromatic N) is 3. The van der Waals surface area contributed by atoms with Gasteiger partial charge in [0.15, 0.2) is 4.80 Å². The van der Waals surface area contributed by atoms with E-state index in [1.165, 1.54) is 46.8 Å². The Morgan fingerprint density at radius 1 is 1.06 bits per heavy atom. The molecule has 0 radical (unpaired) electrons. The largest absolute Gasteiger partial charge is 0.383 e. The van der Waals surface area contributed by atoms with Gasteiger partial charge in [-0.05, 0) is 55.3 Å². The summed E-state index contributed by atoms with van der Waals surface area (Å²) in [6, 6.07) is 11.5. The third kappa shape index (κ3) is 5.92. The van der Waals surface area contributed by atoms with Crippen molar-refractivity contribution in [1.29, 1.82) is 0 Å². The van der Waals surface area contributed by atoms with Crippen molar-refractivity contribution in [3.05, 3.63) is 52.8 Å². The number of aromatic nitrogens is 1. The summed E-state index contributed by atoms with van der Waals surface area (Å²) in [6.07, 6.45) is 3.80. The van der Waals surface area contributed by atoms with Gasteiger partial charge in [-0.2, -0.15) is 9.30 Å². The topological polar surface area (TPSA) is 110 Å².